The van der Waals surface area contributed by atoms with Crippen molar-refractivity contribution in [3.05, 3.63) is 53.9 Å². The van der Waals surface area contributed by atoms with Gasteiger partial charge >= 0.3 is 6.01 Å². The summed E-state index contributed by atoms with van der Waals surface area (Å²) in [6.45, 7) is 4.98. The first-order chi connectivity index (χ1) is 21.2. The van der Waals surface area contributed by atoms with Crippen LogP contribution >= 0.6 is 0 Å². The molecule has 3 fully saturated rings. The molecule has 3 aliphatic rings. The zero-order valence-corrected chi connectivity index (χ0v) is 24.9. The van der Waals surface area contributed by atoms with E-state index in [2.05, 4.69) is 36.0 Å². The number of aromatic nitrogens is 3. The number of ether oxygens (including phenoxy) is 1. The molecule has 2 aromatic heterocycles. The van der Waals surface area contributed by atoms with E-state index in [4.69, 9.17) is 11.2 Å². The average Bonchev–Trinajstić information content (AvgIpc) is 3.36. The normalized spacial score (nSPS) is 25.5. The van der Waals surface area contributed by atoms with Crippen molar-refractivity contribution in [1.82, 2.24) is 25.2 Å². The van der Waals surface area contributed by atoms with Gasteiger partial charge in [-0.25, -0.2) is 13.8 Å². The first-order valence-corrected chi connectivity index (χ1v) is 15.2. The van der Waals surface area contributed by atoms with E-state index >= 15 is 4.39 Å². The number of rotatable bonds is 6. The Morgan fingerprint density at radius 3 is 2.59 bits per heavy atom. The highest BCUT2D eigenvalue weighted by Gasteiger charge is 2.40. The summed E-state index contributed by atoms with van der Waals surface area (Å²) in [5, 5.41) is 4.98. The lowest BCUT2D eigenvalue weighted by Crippen LogP contribution is -2.51. The molecule has 3 aliphatic heterocycles. The molecule has 1 N–H and O–H groups in total. The lowest BCUT2D eigenvalue weighted by atomic mass is 9.73. The van der Waals surface area contributed by atoms with Gasteiger partial charge in [-0.05, 0) is 57.0 Å². The minimum atomic E-state index is -0.746. The van der Waals surface area contributed by atoms with Crippen LogP contribution in [-0.4, -0.2) is 78.4 Å². The number of hydrogen-bond donors (Lipinski definition) is 1. The van der Waals surface area contributed by atoms with Gasteiger partial charge in [0, 0.05) is 83.0 Å². The van der Waals surface area contributed by atoms with E-state index in [0.717, 1.165) is 38.4 Å². The molecule has 5 heterocycles. The molecule has 0 saturated carbocycles. The Morgan fingerprint density at radius 1 is 1.07 bits per heavy atom. The van der Waals surface area contributed by atoms with Gasteiger partial charge in [0.05, 0.1) is 30.1 Å². The van der Waals surface area contributed by atoms with Gasteiger partial charge in [0.25, 0.3) is 0 Å². The summed E-state index contributed by atoms with van der Waals surface area (Å²) in [6, 6.07) is 7.11. The van der Waals surface area contributed by atoms with Gasteiger partial charge in [0.1, 0.15) is 11.6 Å². The van der Waals surface area contributed by atoms with E-state index in [1.807, 2.05) is 26.1 Å². The van der Waals surface area contributed by atoms with Crippen molar-refractivity contribution < 1.29 is 17.9 Å². The van der Waals surface area contributed by atoms with E-state index in [1.54, 1.807) is 18.5 Å². The number of benzene rings is 2. The summed E-state index contributed by atoms with van der Waals surface area (Å²) in [6.07, 6.45) is 12.0. The SMILES string of the molecule is C#Cc1c(F)cc(F)c2cc(-c3cc4nc(OC[C@]5(C)CN(C)CC[C@@H]5CF)ncc4cn3)cc(N3C[C@H]4CC[C@@H](C3)N4)c12. The second-order valence-corrected chi connectivity index (χ2v) is 12.9. The van der Waals surface area contributed by atoms with Gasteiger partial charge in [-0.2, -0.15) is 4.98 Å². The highest BCUT2D eigenvalue weighted by molar-refractivity contribution is 6.02. The van der Waals surface area contributed by atoms with Crippen LogP contribution in [0, 0.1) is 35.3 Å². The largest absolute Gasteiger partial charge is 0.463 e. The number of nitrogens with one attached hydrogen (secondary N) is 1. The zero-order valence-electron chi connectivity index (χ0n) is 24.9. The molecule has 4 aromatic rings. The van der Waals surface area contributed by atoms with Crippen molar-refractivity contribution in [2.24, 2.45) is 11.3 Å². The second kappa shape index (κ2) is 11.2. The molecule has 10 heteroatoms. The molecular weight excluding hydrogens is 565 g/mol. The first kappa shape index (κ1) is 28.8. The van der Waals surface area contributed by atoms with E-state index in [9.17, 15) is 8.78 Å². The van der Waals surface area contributed by atoms with Gasteiger partial charge in [0.15, 0.2) is 0 Å². The van der Waals surface area contributed by atoms with Crippen molar-refractivity contribution in [2.45, 2.75) is 38.3 Å². The molecule has 7 rings (SSSR count). The minimum Gasteiger partial charge on any atom is -0.463 e. The lowest BCUT2D eigenvalue weighted by Gasteiger charge is -2.43. The Labute approximate surface area is 254 Å². The van der Waals surface area contributed by atoms with Crippen LogP contribution < -0.4 is 15.0 Å². The van der Waals surface area contributed by atoms with Crippen molar-refractivity contribution in [2.75, 3.05) is 51.4 Å². The number of piperazine rings is 1. The van der Waals surface area contributed by atoms with Crippen LogP contribution in [0.3, 0.4) is 0 Å². The van der Waals surface area contributed by atoms with E-state index < -0.39 is 11.6 Å². The number of likely N-dealkylation sites (tertiary alicyclic amines) is 1. The molecule has 0 spiro atoms. The summed E-state index contributed by atoms with van der Waals surface area (Å²) in [7, 11) is 2.04. The molecule has 0 unspecified atom stereocenters. The summed E-state index contributed by atoms with van der Waals surface area (Å²) in [5.74, 6) is 0.953. The maximum absolute atomic E-state index is 15.4. The van der Waals surface area contributed by atoms with Gasteiger partial charge in [0.2, 0.25) is 0 Å². The Bertz CT molecular complexity index is 1780. The molecule has 7 nitrogen and oxygen atoms in total. The topological polar surface area (TPSA) is 66.4 Å². The van der Waals surface area contributed by atoms with E-state index in [-0.39, 0.29) is 35.0 Å². The lowest BCUT2D eigenvalue weighted by molar-refractivity contribution is 0.000307. The number of pyridine rings is 1. The first-order valence-electron chi connectivity index (χ1n) is 15.2. The van der Waals surface area contributed by atoms with Crippen LogP contribution in [0.1, 0.15) is 31.7 Å². The quantitative estimate of drug-likeness (QED) is 0.300. The van der Waals surface area contributed by atoms with E-state index in [0.29, 0.717) is 65.0 Å². The fourth-order valence-corrected chi connectivity index (χ4v) is 7.33. The fraction of sp³-hybridized carbons (Fsp3) is 0.441. The van der Waals surface area contributed by atoms with Crippen LogP contribution in [0.2, 0.25) is 0 Å². The fourth-order valence-electron chi connectivity index (χ4n) is 7.33. The number of alkyl halides is 1. The van der Waals surface area contributed by atoms with E-state index in [1.165, 1.54) is 0 Å². The Hall–Kier alpha value is -3.94. The molecular formula is C34H35F3N6O. The highest BCUT2D eigenvalue weighted by Crippen LogP contribution is 2.40. The summed E-state index contributed by atoms with van der Waals surface area (Å²) >= 11 is 0. The van der Waals surface area contributed by atoms with Crippen LogP contribution in [0.25, 0.3) is 32.9 Å². The smallest absolute Gasteiger partial charge is 0.316 e. The van der Waals surface area contributed by atoms with Crippen molar-refractivity contribution in [3.8, 4) is 29.6 Å². The molecule has 4 atom stereocenters. The van der Waals surface area contributed by atoms with Gasteiger partial charge < -0.3 is 19.9 Å². The monoisotopic (exact) mass is 600 g/mol. The summed E-state index contributed by atoms with van der Waals surface area (Å²) in [4.78, 5) is 18.1. The molecule has 0 radical (unpaired) electrons. The molecule has 0 aliphatic carbocycles. The second-order valence-electron chi connectivity index (χ2n) is 12.9. The Morgan fingerprint density at radius 2 is 1.84 bits per heavy atom. The van der Waals surface area contributed by atoms with Crippen LogP contribution in [-0.2, 0) is 0 Å². The molecule has 2 bridgehead atoms. The molecule has 2 aromatic carbocycles. The third-order valence-electron chi connectivity index (χ3n) is 9.75. The highest BCUT2D eigenvalue weighted by atomic mass is 19.1. The molecule has 0 amide bonds. The van der Waals surface area contributed by atoms with Crippen LogP contribution in [0.15, 0.2) is 36.7 Å². The third kappa shape index (κ3) is 5.12. The summed E-state index contributed by atoms with van der Waals surface area (Å²) < 4.78 is 50.2. The number of anilines is 1. The summed E-state index contributed by atoms with van der Waals surface area (Å²) in [5.41, 5.74) is 2.24. The maximum atomic E-state index is 15.4. The van der Waals surface area contributed by atoms with Crippen molar-refractivity contribution >= 4 is 27.4 Å². The molecule has 44 heavy (non-hydrogen) atoms. The maximum Gasteiger partial charge on any atom is 0.316 e. The Balaban J connectivity index is 1.27. The average molecular weight is 601 g/mol. The number of piperidine rings is 1. The third-order valence-corrected chi connectivity index (χ3v) is 9.75. The predicted octanol–water partition coefficient (Wildman–Crippen LogP) is 5.35. The number of nitrogens with zero attached hydrogens (tertiary/aromatic N) is 5. The van der Waals surface area contributed by atoms with Gasteiger partial charge in [-0.15, -0.1) is 6.42 Å². The number of fused-ring (bicyclic) bond motifs is 4. The number of halogens is 3. The van der Waals surface area contributed by atoms with Gasteiger partial charge in [-0.1, -0.05) is 12.8 Å². The minimum absolute atomic E-state index is 0.0580. The zero-order chi connectivity index (χ0) is 30.6. The number of hydrogen-bond acceptors (Lipinski definition) is 7. The van der Waals surface area contributed by atoms with Crippen molar-refractivity contribution in [1.29, 1.82) is 0 Å². The molecule has 228 valence electrons. The van der Waals surface area contributed by atoms with Crippen molar-refractivity contribution in [3.63, 3.8) is 0 Å². The van der Waals surface area contributed by atoms with Crippen LogP contribution in [0.5, 0.6) is 6.01 Å². The Kier molecular flexibility index (Phi) is 7.34. The molecule has 3 saturated heterocycles. The van der Waals surface area contributed by atoms with Gasteiger partial charge in [-0.3, -0.25) is 9.37 Å². The van der Waals surface area contributed by atoms with Crippen LogP contribution in [0.4, 0.5) is 18.9 Å². The standard InChI is InChI=1S/C34H35F3N6O/c1-4-25-27(36)11-28(37)26-9-20(10-31(32(25)26)43-16-23-5-6-24(17-43)40-23)29-12-30-21(14-38-29)15-39-33(41-30)44-19-34(2)18-42(3)8-7-22(34)13-35/h1,9-12,14-15,22-24,40H,5-8,13,16-19H2,2-3H3/t22-,23-,24+,34+/m1/s1. The number of terminal acetylenes is 1. The predicted molar refractivity (Wildman–Crippen MR) is 165 cm³/mol.